The van der Waals surface area contributed by atoms with E-state index in [0.29, 0.717) is 11.8 Å². The first-order valence-corrected chi connectivity index (χ1v) is 9.18. The molecule has 0 radical (unpaired) electrons. The first kappa shape index (κ1) is 19.3. The lowest BCUT2D eigenvalue weighted by Crippen LogP contribution is -2.54. The van der Waals surface area contributed by atoms with Gasteiger partial charge in [-0.25, -0.2) is 0 Å². The summed E-state index contributed by atoms with van der Waals surface area (Å²) in [4.78, 5) is 15.2. The normalized spacial score (nSPS) is 27.3. The number of pyridine rings is 1. The van der Waals surface area contributed by atoms with Crippen LogP contribution in [0.5, 0.6) is 5.75 Å². The van der Waals surface area contributed by atoms with Crippen molar-refractivity contribution >= 4 is 17.4 Å². The zero-order valence-electron chi connectivity index (χ0n) is 15.5. The Kier molecular flexibility index (Phi) is 6.08. The van der Waals surface area contributed by atoms with Crippen LogP contribution >= 0.6 is 0 Å². The molecule has 2 N–H and O–H groups in total. The fourth-order valence-corrected chi connectivity index (χ4v) is 4.44. The molecular weight excluding hydrogens is 344 g/mol. The average molecular weight is 370 g/mol. The number of rotatable bonds is 4. The number of carboxylic acid groups (broad SMARTS) is 1. The zero-order valence-corrected chi connectivity index (χ0v) is 15.5. The second kappa shape index (κ2) is 8.50. The van der Waals surface area contributed by atoms with Crippen molar-refractivity contribution in [1.29, 1.82) is 0 Å². The Morgan fingerprint density at radius 3 is 2.81 bits per heavy atom. The number of aliphatic hydroxyl groups excluding tert-OH is 1. The highest BCUT2D eigenvalue weighted by atomic mass is 16.5. The maximum atomic E-state index is 11.2. The highest BCUT2D eigenvalue weighted by Gasteiger charge is 2.42. The van der Waals surface area contributed by atoms with Crippen molar-refractivity contribution in [3.8, 4) is 5.75 Å². The van der Waals surface area contributed by atoms with Gasteiger partial charge in [0.05, 0.1) is 18.7 Å². The highest BCUT2D eigenvalue weighted by molar-refractivity contribution is 5.83. The van der Waals surface area contributed by atoms with Crippen LogP contribution in [-0.4, -0.2) is 52.8 Å². The van der Waals surface area contributed by atoms with Gasteiger partial charge < -0.3 is 14.9 Å². The third-order valence-corrected chi connectivity index (χ3v) is 5.82. The Bertz CT molecular complexity index is 810. The molecule has 3 fully saturated rings. The Morgan fingerprint density at radius 1 is 1.41 bits per heavy atom. The predicted octanol–water partition coefficient (Wildman–Crippen LogP) is 2.87. The first-order valence-electron chi connectivity index (χ1n) is 9.18. The van der Waals surface area contributed by atoms with Gasteiger partial charge in [0, 0.05) is 24.2 Å². The summed E-state index contributed by atoms with van der Waals surface area (Å²) in [5.41, 5.74) is 1.85. The highest BCUT2D eigenvalue weighted by Crippen LogP contribution is 2.42. The maximum Gasteiger partial charge on any atom is 0.290 e. The number of methoxy groups -OCH3 is 1. The number of nitrogens with zero attached hydrogens (tertiary/aromatic N) is 2. The molecule has 2 aromatic rings. The molecule has 0 aliphatic carbocycles. The van der Waals surface area contributed by atoms with Crippen LogP contribution in [0.25, 0.3) is 10.9 Å². The van der Waals surface area contributed by atoms with E-state index >= 15 is 0 Å². The molecule has 1 aromatic heterocycles. The summed E-state index contributed by atoms with van der Waals surface area (Å²) in [7, 11) is 1.66. The van der Waals surface area contributed by atoms with E-state index in [2.05, 4.69) is 22.5 Å². The molecule has 6 heteroatoms. The summed E-state index contributed by atoms with van der Waals surface area (Å²) in [6.45, 7) is 5.82. The molecule has 27 heavy (non-hydrogen) atoms. The number of fused-ring (bicyclic) bond motifs is 4. The first-order chi connectivity index (χ1) is 13.1. The van der Waals surface area contributed by atoms with Gasteiger partial charge >= 0.3 is 0 Å². The third-order valence-electron chi connectivity index (χ3n) is 5.82. The van der Waals surface area contributed by atoms with Gasteiger partial charge in [0.1, 0.15) is 5.75 Å². The quantitative estimate of drug-likeness (QED) is 0.636. The molecule has 1 aromatic carbocycles. The van der Waals surface area contributed by atoms with Crippen LogP contribution in [0.3, 0.4) is 0 Å². The van der Waals surface area contributed by atoms with Crippen molar-refractivity contribution in [3.63, 3.8) is 0 Å². The number of aliphatic hydroxyl groups is 1. The van der Waals surface area contributed by atoms with Crippen molar-refractivity contribution < 1.29 is 19.7 Å². The molecule has 3 aliphatic rings. The van der Waals surface area contributed by atoms with Gasteiger partial charge in [-0.3, -0.25) is 14.7 Å². The van der Waals surface area contributed by atoms with E-state index < -0.39 is 6.10 Å². The lowest BCUT2D eigenvalue weighted by atomic mass is 9.73. The van der Waals surface area contributed by atoms with Gasteiger partial charge in [-0.1, -0.05) is 6.08 Å². The SMILES string of the molecule is C=C[C@H]1CN2CC[C@H]1C[C@H]2[C@H](O)c1ccnc2ccc(OC)cc12.O=CO. The summed E-state index contributed by atoms with van der Waals surface area (Å²) >= 11 is 0. The van der Waals surface area contributed by atoms with E-state index in [1.807, 2.05) is 24.3 Å². The number of aromatic nitrogens is 1. The number of benzene rings is 1. The number of piperidine rings is 3. The summed E-state index contributed by atoms with van der Waals surface area (Å²) in [6.07, 6.45) is 5.62. The second-order valence-electron chi connectivity index (χ2n) is 7.08. The summed E-state index contributed by atoms with van der Waals surface area (Å²) in [5, 5.41) is 19.0. The van der Waals surface area contributed by atoms with Gasteiger partial charge in [-0.05, 0) is 61.1 Å². The van der Waals surface area contributed by atoms with Crippen LogP contribution < -0.4 is 4.74 Å². The zero-order chi connectivity index (χ0) is 19.4. The molecule has 6 nitrogen and oxygen atoms in total. The third kappa shape index (κ3) is 3.82. The van der Waals surface area contributed by atoms with E-state index in [1.54, 1.807) is 13.3 Å². The van der Waals surface area contributed by atoms with E-state index in [0.717, 1.165) is 41.7 Å². The Morgan fingerprint density at radius 2 is 2.19 bits per heavy atom. The van der Waals surface area contributed by atoms with Crippen LogP contribution in [0.15, 0.2) is 43.1 Å². The smallest absolute Gasteiger partial charge is 0.290 e. The van der Waals surface area contributed by atoms with Crippen LogP contribution in [0.1, 0.15) is 24.5 Å². The van der Waals surface area contributed by atoms with E-state index in [1.165, 1.54) is 6.42 Å². The van der Waals surface area contributed by atoms with Crippen molar-refractivity contribution in [1.82, 2.24) is 9.88 Å². The summed E-state index contributed by atoms with van der Waals surface area (Å²) in [5.74, 6) is 2.01. The fourth-order valence-electron chi connectivity index (χ4n) is 4.44. The molecule has 0 saturated carbocycles. The molecule has 2 bridgehead atoms. The molecule has 0 amide bonds. The minimum absolute atomic E-state index is 0.178. The summed E-state index contributed by atoms with van der Waals surface area (Å²) in [6, 6.07) is 7.96. The van der Waals surface area contributed by atoms with Gasteiger partial charge in [-0.15, -0.1) is 6.58 Å². The van der Waals surface area contributed by atoms with E-state index in [-0.39, 0.29) is 12.5 Å². The van der Waals surface area contributed by atoms with Crippen molar-refractivity contribution in [3.05, 3.63) is 48.7 Å². The minimum Gasteiger partial charge on any atom is -0.497 e. The molecular formula is C21H26N2O4. The molecule has 5 rings (SSSR count). The molecule has 3 saturated heterocycles. The molecule has 1 unspecified atom stereocenters. The number of hydrogen-bond donors (Lipinski definition) is 2. The van der Waals surface area contributed by atoms with Crippen molar-refractivity contribution in [2.45, 2.75) is 25.0 Å². The topological polar surface area (TPSA) is 82.9 Å². The van der Waals surface area contributed by atoms with Crippen LogP contribution in [0, 0.1) is 11.8 Å². The predicted molar refractivity (Wildman–Crippen MR) is 104 cm³/mol. The van der Waals surface area contributed by atoms with E-state index in [9.17, 15) is 5.11 Å². The monoisotopic (exact) mass is 370 g/mol. The molecule has 0 spiro atoms. The molecule has 5 atom stereocenters. The number of carbonyl (C=O) groups is 1. The van der Waals surface area contributed by atoms with Gasteiger partial charge in [0.2, 0.25) is 0 Å². The van der Waals surface area contributed by atoms with E-state index in [4.69, 9.17) is 14.6 Å². The average Bonchev–Trinajstić information content (AvgIpc) is 2.73. The van der Waals surface area contributed by atoms with Gasteiger partial charge in [0.15, 0.2) is 0 Å². The second-order valence-corrected chi connectivity index (χ2v) is 7.08. The Labute approximate surface area is 159 Å². The van der Waals surface area contributed by atoms with Crippen LogP contribution in [-0.2, 0) is 4.79 Å². The Hall–Kier alpha value is -2.44. The fraction of sp³-hybridized carbons (Fsp3) is 0.429. The lowest BCUT2D eigenvalue weighted by Gasteiger charge is -2.50. The minimum atomic E-state index is -0.504. The Balaban J connectivity index is 0.000000659. The summed E-state index contributed by atoms with van der Waals surface area (Å²) < 4.78 is 5.35. The van der Waals surface area contributed by atoms with Crippen molar-refractivity contribution in [2.24, 2.45) is 11.8 Å². The lowest BCUT2D eigenvalue weighted by molar-refractivity contribution is -0.122. The molecule has 3 aliphatic heterocycles. The molecule has 4 heterocycles. The number of hydrogen-bond acceptors (Lipinski definition) is 5. The van der Waals surface area contributed by atoms with Crippen LogP contribution in [0.4, 0.5) is 0 Å². The van der Waals surface area contributed by atoms with Gasteiger partial charge in [-0.2, -0.15) is 0 Å². The van der Waals surface area contributed by atoms with Crippen LogP contribution in [0.2, 0.25) is 0 Å². The maximum absolute atomic E-state index is 11.2. The van der Waals surface area contributed by atoms with Crippen molar-refractivity contribution in [2.75, 3.05) is 20.2 Å². The standard InChI is InChI=1S/C20H24N2O2.CH2O2/c1-3-13-12-22-9-7-14(13)10-19(22)20(23)16-6-8-21-18-5-4-15(24-2)11-17(16)18;2-1-3/h3-6,8,11,13-14,19-20,23H,1,7,9-10,12H2,2H3;1H,(H,2,3)/t13-,14-,19-,20+;/m0./s1. The van der Waals surface area contributed by atoms with Gasteiger partial charge in [0.25, 0.3) is 6.47 Å². The number of ether oxygens (including phenoxy) is 1. The largest absolute Gasteiger partial charge is 0.497 e. The molecule has 144 valence electrons.